The predicted molar refractivity (Wildman–Crippen MR) is 76.4 cm³/mol. The molecule has 5 heteroatoms. The molecule has 0 spiro atoms. The number of amides is 1. The first-order valence-corrected chi connectivity index (χ1v) is 6.38. The number of aliphatic carboxylic acids is 1. The lowest BCUT2D eigenvalue weighted by atomic mass is 10.1. The molecular weight excluding hydrogens is 258 g/mol. The van der Waals surface area contributed by atoms with Crippen LogP contribution in [-0.4, -0.2) is 46.2 Å². The maximum Gasteiger partial charge on any atom is 0.328 e. The van der Waals surface area contributed by atoms with Crippen LogP contribution < -0.4 is 0 Å². The molecule has 1 rings (SSSR count). The Hall–Kier alpha value is -2.14. The van der Waals surface area contributed by atoms with E-state index in [2.05, 4.69) is 0 Å². The lowest BCUT2D eigenvalue weighted by Crippen LogP contribution is -2.39. The summed E-state index contributed by atoms with van der Waals surface area (Å²) < 4.78 is 0. The second-order valence-corrected chi connectivity index (χ2v) is 4.61. The zero-order chi connectivity index (χ0) is 15.1. The van der Waals surface area contributed by atoms with Gasteiger partial charge in [-0.25, -0.2) is 4.79 Å². The van der Waals surface area contributed by atoms with Gasteiger partial charge in [0, 0.05) is 24.2 Å². The molecule has 0 aliphatic carbocycles. The van der Waals surface area contributed by atoms with Gasteiger partial charge in [-0.05, 0) is 37.6 Å². The lowest BCUT2D eigenvalue weighted by Gasteiger charge is -2.26. The van der Waals surface area contributed by atoms with E-state index < -0.39 is 5.97 Å². The molecule has 0 bridgehead atoms. The summed E-state index contributed by atoms with van der Waals surface area (Å²) in [5.74, 6) is -1.22. The van der Waals surface area contributed by atoms with E-state index in [0.717, 1.165) is 6.08 Å². The second-order valence-electron chi connectivity index (χ2n) is 4.61. The molecule has 1 amide bonds. The van der Waals surface area contributed by atoms with Gasteiger partial charge in [0.05, 0.1) is 6.61 Å². The van der Waals surface area contributed by atoms with E-state index in [0.29, 0.717) is 11.1 Å². The van der Waals surface area contributed by atoms with Crippen molar-refractivity contribution >= 4 is 18.0 Å². The van der Waals surface area contributed by atoms with E-state index in [-0.39, 0.29) is 25.1 Å². The first-order valence-electron chi connectivity index (χ1n) is 6.38. The molecule has 0 heterocycles. The molecule has 1 aromatic carbocycles. The Morgan fingerprint density at radius 1 is 1.35 bits per heavy atom. The lowest BCUT2D eigenvalue weighted by molar-refractivity contribution is -0.131. The SMILES string of the molecule is CC(C)N(CCO)C(=O)c1cccc(C=CC(=O)O)c1. The molecule has 5 nitrogen and oxygen atoms in total. The Balaban J connectivity index is 2.98. The molecular formula is C15H19NO4. The molecule has 0 saturated carbocycles. The number of carbonyl (C=O) groups is 2. The van der Waals surface area contributed by atoms with Crippen LogP contribution in [0, 0.1) is 0 Å². The standard InChI is InChI=1S/C15H19NO4/c1-11(2)16(8-9-17)15(20)13-5-3-4-12(10-13)6-7-14(18)19/h3-7,10-11,17H,8-9H2,1-2H3,(H,18,19). The van der Waals surface area contributed by atoms with Crippen molar-refractivity contribution in [2.45, 2.75) is 19.9 Å². The number of carboxylic acid groups (broad SMARTS) is 1. The molecule has 0 radical (unpaired) electrons. The molecule has 0 aliphatic rings. The Morgan fingerprint density at radius 3 is 2.60 bits per heavy atom. The highest BCUT2D eigenvalue weighted by Gasteiger charge is 2.18. The summed E-state index contributed by atoms with van der Waals surface area (Å²) in [6.07, 6.45) is 2.46. The molecule has 1 aromatic rings. The molecule has 108 valence electrons. The monoisotopic (exact) mass is 277 g/mol. The van der Waals surface area contributed by atoms with E-state index in [1.165, 1.54) is 6.08 Å². The quantitative estimate of drug-likeness (QED) is 0.775. The van der Waals surface area contributed by atoms with Gasteiger partial charge < -0.3 is 15.1 Å². The first kappa shape index (κ1) is 15.9. The maximum absolute atomic E-state index is 12.3. The van der Waals surface area contributed by atoms with Crippen LogP contribution in [0.1, 0.15) is 29.8 Å². The molecule has 0 unspecified atom stereocenters. The van der Waals surface area contributed by atoms with Crippen molar-refractivity contribution in [2.75, 3.05) is 13.2 Å². The molecule has 0 aromatic heterocycles. The van der Waals surface area contributed by atoms with Gasteiger partial charge in [0.1, 0.15) is 0 Å². The number of hydrogen-bond donors (Lipinski definition) is 2. The van der Waals surface area contributed by atoms with E-state index >= 15 is 0 Å². The predicted octanol–water partition coefficient (Wildman–Crippen LogP) is 1.63. The van der Waals surface area contributed by atoms with Gasteiger partial charge in [-0.3, -0.25) is 4.79 Å². The minimum atomic E-state index is -1.04. The van der Waals surface area contributed by atoms with Gasteiger partial charge in [-0.15, -0.1) is 0 Å². The number of aliphatic hydroxyl groups excluding tert-OH is 1. The highest BCUT2D eigenvalue weighted by Crippen LogP contribution is 2.12. The molecule has 0 aliphatic heterocycles. The van der Waals surface area contributed by atoms with E-state index in [9.17, 15) is 9.59 Å². The third-order valence-electron chi connectivity index (χ3n) is 2.78. The van der Waals surface area contributed by atoms with E-state index in [1.54, 1.807) is 29.2 Å². The minimum absolute atomic E-state index is 0.0205. The van der Waals surface area contributed by atoms with Crippen LogP contribution >= 0.6 is 0 Å². The van der Waals surface area contributed by atoms with Crippen LogP contribution in [0.4, 0.5) is 0 Å². The van der Waals surface area contributed by atoms with E-state index in [4.69, 9.17) is 10.2 Å². The van der Waals surface area contributed by atoms with Crippen LogP contribution in [0.2, 0.25) is 0 Å². The second kappa shape index (κ2) is 7.45. The Labute approximate surface area is 118 Å². The number of hydrogen-bond acceptors (Lipinski definition) is 3. The van der Waals surface area contributed by atoms with Crippen molar-refractivity contribution < 1.29 is 19.8 Å². The highest BCUT2D eigenvalue weighted by molar-refractivity contribution is 5.95. The molecule has 0 fully saturated rings. The van der Waals surface area contributed by atoms with Crippen molar-refractivity contribution in [3.05, 3.63) is 41.5 Å². The Morgan fingerprint density at radius 2 is 2.05 bits per heavy atom. The van der Waals surface area contributed by atoms with Crippen LogP contribution in [0.25, 0.3) is 6.08 Å². The summed E-state index contributed by atoms with van der Waals surface area (Å²) in [7, 11) is 0. The summed E-state index contributed by atoms with van der Waals surface area (Å²) in [6, 6.07) is 6.71. The average Bonchev–Trinajstić information content (AvgIpc) is 2.41. The van der Waals surface area contributed by atoms with Crippen molar-refractivity contribution in [1.82, 2.24) is 4.90 Å². The van der Waals surface area contributed by atoms with Gasteiger partial charge in [0.25, 0.3) is 5.91 Å². The molecule has 2 N–H and O–H groups in total. The fraction of sp³-hybridized carbons (Fsp3) is 0.333. The smallest absolute Gasteiger partial charge is 0.328 e. The highest BCUT2D eigenvalue weighted by atomic mass is 16.4. The zero-order valence-corrected chi connectivity index (χ0v) is 11.6. The fourth-order valence-electron chi connectivity index (χ4n) is 1.81. The van der Waals surface area contributed by atoms with Gasteiger partial charge in [-0.2, -0.15) is 0 Å². The van der Waals surface area contributed by atoms with Gasteiger partial charge in [-0.1, -0.05) is 12.1 Å². The Bertz CT molecular complexity index is 508. The summed E-state index contributed by atoms with van der Waals surface area (Å²) in [5.41, 5.74) is 1.12. The Kier molecular flexibility index (Phi) is 5.93. The molecule has 0 atom stereocenters. The van der Waals surface area contributed by atoms with E-state index in [1.807, 2.05) is 13.8 Å². The molecule has 0 saturated heterocycles. The maximum atomic E-state index is 12.3. The normalized spacial score (nSPS) is 11.0. The number of benzene rings is 1. The van der Waals surface area contributed by atoms with Crippen molar-refractivity contribution in [3.8, 4) is 0 Å². The molecule has 20 heavy (non-hydrogen) atoms. The summed E-state index contributed by atoms with van der Waals surface area (Å²) in [5, 5.41) is 17.6. The van der Waals surface area contributed by atoms with Crippen molar-refractivity contribution in [2.24, 2.45) is 0 Å². The fourth-order valence-corrected chi connectivity index (χ4v) is 1.81. The minimum Gasteiger partial charge on any atom is -0.478 e. The first-order chi connectivity index (χ1) is 9.45. The van der Waals surface area contributed by atoms with Crippen molar-refractivity contribution in [3.63, 3.8) is 0 Å². The summed E-state index contributed by atoms with van der Waals surface area (Å²) in [4.78, 5) is 24.4. The number of carbonyl (C=O) groups excluding carboxylic acids is 1. The van der Waals surface area contributed by atoms with Crippen LogP contribution in [0.15, 0.2) is 30.3 Å². The third-order valence-corrected chi connectivity index (χ3v) is 2.78. The van der Waals surface area contributed by atoms with Gasteiger partial charge in [0.2, 0.25) is 0 Å². The summed E-state index contributed by atoms with van der Waals surface area (Å²) in [6.45, 7) is 3.93. The van der Waals surface area contributed by atoms with Gasteiger partial charge in [0.15, 0.2) is 0 Å². The summed E-state index contributed by atoms with van der Waals surface area (Å²) >= 11 is 0. The van der Waals surface area contributed by atoms with Crippen LogP contribution in [-0.2, 0) is 4.79 Å². The van der Waals surface area contributed by atoms with Crippen LogP contribution in [0.3, 0.4) is 0 Å². The number of rotatable bonds is 6. The zero-order valence-electron chi connectivity index (χ0n) is 11.6. The number of carboxylic acids is 1. The largest absolute Gasteiger partial charge is 0.478 e. The number of aliphatic hydroxyl groups is 1. The third kappa shape index (κ3) is 4.51. The number of nitrogens with zero attached hydrogens (tertiary/aromatic N) is 1. The van der Waals surface area contributed by atoms with Gasteiger partial charge >= 0.3 is 5.97 Å². The van der Waals surface area contributed by atoms with Crippen molar-refractivity contribution in [1.29, 1.82) is 0 Å². The van der Waals surface area contributed by atoms with Crippen LogP contribution in [0.5, 0.6) is 0 Å². The average molecular weight is 277 g/mol. The topological polar surface area (TPSA) is 77.8 Å².